The molecule has 1 fully saturated rings. The van der Waals surface area contributed by atoms with Crippen LogP contribution in [0.25, 0.3) is 0 Å². The van der Waals surface area contributed by atoms with Gasteiger partial charge in [0.15, 0.2) is 0 Å². The normalized spacial score (nSPS) is 30.8. The zero-order valence-corrected chi connectivity index (χ0v) is 12.4. The maximum atomic E-state index is 13.6. The van der Waals surface area contributed by atoms with Crippen LogP contribution in [0.5, 0.6) is 0 Å². The van der Waals surface area contributed by atoms with Gasteiger partial charge in [0.05, 0.1) is 11.5 Å². The zero-order chi connectivity index (χ0) is 16.8. The number of aromatic nitrogens is 1. The smallest absolute Gasteiger partial charge is 0.362 e. The molecule has 5 nitrogen and oxygen atoms in total. The van der Waals surface area contributed by atoms with Gasteiger partial charge in [0.25, 0.3) is 11.6 Å². The van der Waals surface area contributed by atoms with Crippen LogP contribution < -0.4 is 0 Å². The lowest BCUT2D eigenvalue weighted by molar-refractivity contribution is -0.312. The Kier molecular flexibility index (Phi) is 3.66. The van der Waals surface area contributed by atoms with Gasteiger partial charge >= 0.3 is 6.18 Å². The van der Waals surface area contributed by atoms with E-state index >= 15 is 0 Å². The standard InChI is InChI=1S/C15H16F3N3O2/c1-9-4-2-6-11-12(9)20-21(14(11,23)15(16,17)18)13(22)10-5-3-7-19-8-10/h3,5,7-9,11,23H,2,4,6H2,1H3/t9-,11-,14-/m1/s1. The molecule has 0 bridgehead atoms. The zero-order valence-electron chi connectivity index (χ0n) is 12.4. The summed E-state index contributed by atoms with van der Waals surface area (Å²) in [5.74, 6) is -2.42. The third kappa shape index (κ3) is 2.32. The monoisotopic (exact) mass is 327 g/mol. The largest absolute Gasteiger partial charge is 0.439 e. The summed E-state index contributed by atoms with van der Waals surface area (Å²) in [5.41, 5.74) is -3.11. The number of alkyl halides is 3. The average molecular weight is 327 g/mol. The van der Waals surface area contributed by atoms with Crippen LogP contribution in [-0.2, 0) is 0 Å². The fraction of sp³-hybridized carbons (Fsp3) is 0.533. The van der Waals surface area contributed by atoms with E-state index in [0.717, 1.165) is 6.20 Å². The van der Waals surface area contributed by atoms with E-state index in [-0.39, 0.29) is 28.6 Å². The minimum atomic E-state index is -5.00. The van der Waals surface area contributed by atoms with E-state index in [1.807, 2.05) is 0 Å². The van der Waals surface area contributed by atoms with Crippen LogP contribution in [0.1, 0.15) is 36.5 Å². The van der Waals surface area contributed by atoms with Crippen LogP contribution in [0.15, 0.2) is 29.6 Å². The second kappa shape index (κ2) is 5.30. The molecule has 1 aliphatic carbocycles. The maximum absolute atomic E-state index is 13.6. The van der Waals surface area contributed by atoms with Gasteiger partial charge < -0.3 is 5.11 Å². The Morgan fingerprint density at radius 1 is 1.43 bits per heavy atom. The number of rotatable bonds is 1. The van der Waals surface area contributed by atoms with Gasteiger partial charge in [-0.2, -0.15) is 23.3 Å². The molecule has 3 rings (SSSR count). The van der Waals surface area contributed by atoms with Crippen molar-refractivity contribution in [3.05, 3.63) is 30.1 Å². The first-order valence-electron chi connectivity index (χ1n) is 7.39. The number of hydrogen-bond donors (Lipinski definition) is 1. The number of halogens is 3. The molecule has 1 aliphatic heterocycles. The molecule has 23 heavy (non-hydrogen) atoms. The highest BCUT2D eigenvalue weighted by molar-refractivity contribution is 5.99. The van der Waals surface area contributed by atoms with Gasteiger partial charge in [-0.3, -0.25) is 9.78 Å². The van der Waals surface area contributed by atoms with Gasteiger partial charge in [0, 0.05) is 18.1 Å². The minimum Gasteiger partial charge on any atom is -0.362 e. The number of nitrogens with zero attached hydrogens (tertiary/aromatic N) is 3. The molecule has 0 aromatic carbocycles. The summed E-state index contributed by atoms with van der Waals surface area (Å²) in [6.07, 6.45) is -1.04. The van der Waals surface area contributed by atoms with Crippen LogP contribution >= 0.6 is 0 Å². The van der Waals surface area contributed by atoms with E-state index in [0.29, 0.717) is 12.8 Å². The maximum Gasteiger partial charge on any atom is 0.439 e. The van der Waals surface area contributed by atoms with Crippen molar-refractivity contribution >= 4 is 11.6 Å². The first-order chi connectivity index (χ1) is 10.8. The lowest BCUT2D eigenvalue weighted by Gasteiger charge is -2.39. The summed E-state index contributed by atoms with van der Waals surface area (Å²) in [7, 11) is 0. The van der Waals surface area contributed by atoms with Crippen LogP contribution in [0, 0.1) is 11.8 Å². The van der Waals surface area contributed by atoms with Gasteiger partial charge in [-0.1, -0.05) is 13.3 Å². The molecule has 1 aromatic heterocycles. The SMILES string of the molecule is C[C@@H]1CCC[C@@H]2C1=NN(C(=O)c1cccnc1)[C@]2(O)C(F)(F)F. The molecule has 0 saturated heterocycles. The van der Waals surface area contributed by atoms with E-state index in [4.69, 9.17) is 0 Å². The van der Waals surface area contributed by atoms with E-state index in [9.17, 15) is 23.1 Å². The highest BCUT2D eigenvalue weighted by Gasteiger charge is 2.69. The predicted octanol–water partition coefficient (Wildman–Crippen LogP) is 2.58. The van der Waals surface area contributed by atoms with Crippen molar-refractivity contribution in [3.63, 3.8) is 0 Å². The Labute approximate surface area is 130 Å². The predicted molar refractivity (Wildman–Crippen MR) is 75.4 cm³/mol. The van der Waals surface area contributed by atoms with Crippen molar-refractivity contribution in [1.29, 1.82) is 0 Å². The van der Waals surface area contributed by atoms with Crippen LogP contribution in [-0.4, -0.2) is 38.6 Å². The quantitative estimate of drug-likeness (QED) is 0.862. The average Bonchev–Trinajstić information content (AvgIpc) is 2.83. The van der Waals surface area contributed by atoms with Crippen molar-refractivity contribution < 1.29 is 23.1 Å². The third-order valence-electron chi connectivity index (χ3n) is 4.53. The van der Waals surface area contributed by atoms with Crippen molar-refractivity contribution in [1.82, 2.24) is 9.99 Å². The molecule has 1 aromatic rings. The Bertz CT molecular complexity index is 647. The number of pyridine rings is 1. The molecule has 1 N–H and O–H groups in total. The Balaban J connectivity index is 2.07. The first kappa shape index (κ1) is 15.9. The van der Waals surface area contributed by atoms with E-state index in [2.05, 4.69) is 10.1 Å². The van der Waals surface area contributed by atoms with Crippen LogP contribution in [0.4, 0.5) is 13.2 Å². The fourth-order valence-corrected chi connectivity index (χ4v) is 3.31. The van der Waals surface area contributed by atoms with Crippen LogP contribution in [0.2, 0.25) is 0 Å². The molecule has 8 heteroatoms. The van der Waals surface area contributed by atoms with Gasteiger partial charge in [0.1, 0.15) is 0 Å². The topological polar surface area (TPSA) is 65.8 Å². The second-order valence-corrected chi connectivity index (χ2v) is 5.99. The first-order valence-corrected chi connectivity index (χ1v) is 7.39. The molecular formula is C15H16F3N3O2. The van der Waals surface area contributed by atoms with Gasteiger partial charge in [-0.25, -0.2) is 0 Å². The molecule has 124 valence electrons. The number of amides is 1. The number of carbonyl (C=O) groups is 1. The molecule has 3 atom stereocenters. The van der Waals surface area contributed by atoms with Crippen molar-refractivity contribution in [3.8, 4) is 0 Å². The molecular weight excluding hydrogens is 311 g/mol. The summed E-state index contributed by atoms with van der Waals surface area (Å²) in [6.45, 7) is 1.76. The van der Waals surface area contributed by atoms with Crippen molar-refractivity contribution in [2.75, 3.05) is 0 Å². The summed E-state index contributed by atoms with van der Waals surface area (Å²) < 4.78 is 40.9. The minimum absolute atomic E-state index is 0.0502. The van der Waals surface area contributed by atoms with Crippen LogP contribution in [0.3, 0.4) is 0 Å². The number of fused-ring (bicyclic) bond motifs is 1. The van der Waals surface area contributed by atoms with Gasteiger partial charge in [0.2, 0.25) is 0 Å². The van der Waals surface area contributed by atoms with Gasteiger partial charge in [-0.15, -0.1) is 0 Å². The second-order valence-electron chi connectivity index (χ2n) is 5.99. The number of aliphatic hydroxyl groups is 1. The molecule has 1 saturated carbocycles. The molecule has 0 unspecified atom stereocenters. The summed E-state index contributed by atoms with van der Waals surface area (Å²) >= 11 is 0. The van der Waals surface area contributed by atoms with E-state index in [1.54, 1.807) is 6.92 Å². The Hall–Kier alpha value is -1.96. The highest BCUT2D eigenvalue weighted by atomic mass is 19.4. The number of carbonyl (C=O) groups excluding carboxylic acids is 1. The molecule has 0 radical (unpaired) electrons. The molecule has 1 amide bonds. The van der Waals surface area contributed by atoms with E-state index < -0.39 is 23.7 Å². The molecule has 2 heterocycles. The Morgan fingerprint density at radius 3 is 2.78 bits per heavy atom. The fourth-order valence-electron chi connectivity index (χ4n) is 3.31. The van der Waals surface area contributed by atoms with Crippen molar-refractivity contribution in [2.24, 2.45) is 16.9 Å². The lowest BCUT2D eigenvalue weighted by Crippen LogP contribution is -2.61. The van der Waals surface area contributed by atoms with Gasteiger partial charge in [-0.05, 0) is 30.9 Å². The number of hydrogen-bond acceptors (Lipinski definition) is 4. The Morgan fingerprint density at radius 2 is 2.17 bits per heavy atom. The summed E-state index contributed by atoms with van der Waals surface area (Å²) in [6, 6.07) is 2.79. The third-order valence-corrected chi connectivity index (χ3v) is 4.53. The number of hydrazone groups is 1. The highest BCUT2D eigenvalue weighted by Crippen LogP contribution is 2.49. The van der Waals surface area contributed by atoms with Crippen molar-refractivity contribution in [2.45, 2.75) is 38.1 Å². The summed E-state index contributed by atoms with van der Waals surface area (Å²) in [4.78, 5) is 16.2. The lowest BCUT2D eigenvalue weighted by atomic mass is 9.75. The summed E-state index contributed by atoms with van der Waals surface area (Å²) in [5, 5.41) is 14.6. The van der Waals surface area contributed by atoms with E-state index in [1.165, 1.54) is 18.3 Å². The molecule has 2 aliphatic rings. The molecule has 0 spiro atoms.